The van der Waals surface area contributed by atoms with Gasteiger partial charge in [-0.15, -0.1) is 0 Å². The second kappa shape index (κ2) is 14.2. The van der Waals surface area contributed by atoms with E-state index in [2.05, 4.69) is 0 Å². The van der Waals surface area contributed by atoms with Crippen molar-refractivity contribution in [1.29, 1.82) is 0 Å². The van der Waals surface area contributed by atoms with Crippen LogP contribution in [0.15, 0.2) is 78.9 Å². The molecule has 0 saturated heterocycles. The van der Waals surface area contributed by atoms with Gasteiger partial charge in [-0.3, -0.25) is 9.59 Å². The highest BCUT2D eigenvalue weighted by atomic mass is 35.5. The number of cyclic esters (lactones) is 1. The fraction of sp³-hybridized carbons (Fsp3) is 0.357. The van der Waals surface area contributed by atoms with Gasteiger partial charge in [-0.25, -0.2) is 4.79 Å². The number of aliphatic hydroxyl groups is 1. The van der Waals surface area contributed by atoms with Crippen LogP contribution in [0.5, 0.6) is 17.2 Å². The van der Waals surface area contributed by atoms with Crippen molar-refractivity contribution >= 4 is 29.5 Å². The fourth-order valence-corrected chi connectivity index (χ4v) is 8.83. The van der Waals surface area contributed by atoms with Crippen molar-refractivity contribution in [3.63, 3.8) is 0 Å². The third-order valence-corrected chi connectivity index (χ3v) is 11.1. The summed E-state index contributed by atoms with van der Waals surface area (Å²) in [4.78, 5) is 39.4. The van der Waals surface area contributed by atoms with Gasteiger partial charge in [0.25, 0.3) is 0 Å². The molecule has 286 valence electrons. The number of rotatable bonds is 9. The van der Waals surface area contributed by atoms with Gasteiger partial charge in [0.1, 0.15) is 31.2 Å². The summed E-state index contributed by atoms with van der Waals surface area (Å²) in [7, 11) is 1.36. The molecule has 13 heteroatoms. The van der Waals surface area contributed by atoms with E-state index in [0.717, 1.165) is 11.1 Å². The number of halogens is 1. The summed E-state index contributed by atoms with van der Waals surface area (Å²) in [6.45, 7) is 4.09. The predicted octanol–water partition coefficient (Wildman–Crippen LogP) is 6.45. The molecule has 4 aromatic carbocycles. The number of esters is 3. The van der Waals surface area contributed by atoms with Crippen LogP contribution in [0.4, 0.5) is 0 Å². The average molecular weight is 771 g/mol. The van der Waals surface area contributed by atoms with Gasteiger partial charge >= 0.3 is 17.9 Å². The van der Waals surface area contributed by atoms with Crippen LogP contribution < -0.4 is 14.2 Å². The lowest BCUT2D eigenvalue weighted by atomic mass is 9.80. The summed E-state index contributed by atoms with van der Waals surface area (Å²) in [5.74, 6) is -1.46. The summed E-state index contributed by atoms with van der Waals surface area (Å²) in [5, 5.41) is 12.5. The predicted molar refractivity (Wildman–Crippen MR) is 194 cm³/mol. The Labute approximate surface area is 322 Å². The van der Waals surface area contributed by atoms with Crippen LogP contribution in [0.25, 0.3) is 0 Å². The average Bonchev–Trinajstić information content (AvgIpc) is 3.56. The zero-order valence-corrected chi connectivity index (χ0v) is 31.3. The van der Waals surface area contributed by atoms with Gasteiger partial charge in [-0.2, -0.15) is 0 Å². The number of carbonyl (C=O) groups excluding carboxylic acids is 3. The van der Waals surface area contributed by atoms with Crippen molar-refractivity contribution < 1.29 is 57.4 Å². The molecule has 12 nitrogen and oxygen atoms in total. The topological polar surface area (TPSA) is 145 Å². The number of aliphatic hydroxyl groups excluding tert-OH is 1. The van der Waals surface area contributed by atoms with Crippen LogP contribution in [0, 0.1) is 6.92 Å². The van der Waals surface area contributed by atoms with Crippen molar-refractivity contribution in [2.75, 3.05) is 13.7 Å². The molecule has 2 aliphatic carbocycles. The molecule has 1 N–H and O–H groups in total. The maximum atomic E-state index is 13.9. The Hall–Kier alpha value is -5.14. The highest BCUT2D eigenvalue weighted by molar-refractivity contribution is 6.31. The van der Waals surface area contributed by atoms with Gasteiger partial charge < -0.3 is 43.0 Å². The third kappa shape index (κ3) is 5.90. The van der Waals surface area contributed by atoms with Crippen molar-refractivity contribution in [3.05, 3.63) is 123 Å². The molecule has 1 unspecified atom stereocenters. The van der Waals surface area contributed by atoms with Crippen molar-refractivity contribution in [2.45, 2.75) is 82.1 Å². The zero-order chi connectivity index (χ0) is 38.6. The number of carbonyl (C=O) groups is 3. The minimum atomic E-state index is -1.81. The SMILES string of the molecule is CO[C@H]1C(=O)OC[C@H](OC(C)=O)c2cc(Cl)c3c(c2)[C@@]24Oc5cc1c(OCc1ccccc1)c(C)c5OC2([C@@H](OCc1ccccc1)C[C@H]4O)[C@@H]3OC(C)=O. The number of ether oxygens (including phenoxy) is 8. The number of fused-ring (bicyclic) bond motifs is 2. The van der Waals surface area contributed by atoms with E-state index in [1.54, 1.807) is 25.1 Å². The second-order valence-corrected chi connectivity index (χ2v) is 14.5. The summed E-state index contributed by atoms with van der Waals surface area (Å²) in [6.07, 6.45) is -6.02. The Morgan fingerprint density at radius 1 is 0.927 bits per heavy atom. The summed E-state index contributed by atoms with van der Waals surface area (Å²) in [6, 6.07) is 23.7. The van der Waals surface area contributed by atoms with Crippen LogP contribution in [-0.2, 0) is 56.9 Å². The Morgan fingerprint density at radius 2 is 1.60 bits per heavy atom. The van der Waals surface area contributed by atoms with Gasteiger partial charge in [-0.05, 0) is 41.8 Å². The van der Waals surface area contributed by atoms with E-state index in [0.29, 0.717) is 22.3 Å². The maximum Gasteiger partial charge on any atom is 0.340 e. The van der Waals surface area contributed by atoms with Crippen LogP contribution in [0.3, 0.4) is 0 Å². The number of hydrogen-bond acceptors (Lipinski definition) is 12. The molecule has 2 heterocycles. The highest BCUT2D eigenvalue weighted by Crippen LogP contribution is 2.69. The summed E-state index contributed by atoms with van der Waals surface area (Å²) >= 11 is 7.14. The molecule has 0 radical (unpaired) electrons. The van der Waals surface area contributed by atoms with Gasteiger partial charge in [0.05, 0.1) is 6.61 Å². The molecule has 0 amide bonds. The van der Waals surface area contributed by atoms with Crippen molar-refractivity contribution in [2.24, 2.45) is 0 Å². The largest absolute Gasteiger partial charge is 0.488 e. The van der Waals surface area contributed by atoms with Crippen LogP contribution in [0.1, 0.15) is 77.5 Å². The number of methoxy groups -OCH3 is 1. The molecule has 1 spiro atoms. The molecule has 4 aliphatic rings. The van der Waals surface area contributed by atoms with E-state index in [-0.39, 0.29) is 47.5 Å². The first-order valence-electron chi connectivity index (χ1n) is 17.9. The molecule has 55 heavy (non-hydrogen) atoms. The van der Waals surface area contributed by atoms with Gasteiger partial charge in [-0.1, -0.05) is 72.3 Å². The molecular formula is C42H39ClO12. The van der Waals surface area contributed by atoms with Crippen molar-refractivity contribution in [1.82, 2.24) is 0 Å². The van der Waals surface area contributed by atoms with E-state index in [1.165, 1.54) is 21.0 Å². The van der Waals surface area contributed by atoms with E-state index in [1.807, 2.05) is 60.7 Å². The minimum absolute atomic E-state index is 0.00118. The van der Waals surface area contributed by atoms with E-state index >= 15 is 0 Å². The normalized spacial score (nSPS) is 27.1. The van der Waals surface area contributed by atoms with Crippen LogP contribution >= 0.6 is 11.6 Å². The first-order valence-corrected chi connectivity index (χ1v) is 18.3. The quantitative estimate of drug-likeness (QED) is 0.148. The smallest absolute Gasteiger partial charge is 0.340 e. The standard InChI is InChI=1S/C42H39ClO12/c1-22-36(50-20-26-13-9-6-10-14-26)28-17-31-37(22)55-42-34(49-19-25-11-7-5-8-12-25)18-33(46)41(42,54-31)29-15-27(16-30(43)35(29)39(42)53-24(3)45)32(52-23(2)44)21-51-40(47)38(28)48-4/h5-17,32-34,38-39,46H,18-21H2,1-4H3/t32-,33+,34-,38+,39+,41-,42?/m0/s1. The lowest BCUT2D eigenvalue weighted by molar-refractivity contribution is -0.234. The van der Waals surface area contributed by atoms with Gasteiger partial charge in [0, 0.05) is 54.7 Å². The summed E-state index contributed by atoms with van der Waals surface area (Å²) in [5.41, 5.74) is -0.184. The lowest BCUT2D eigenvalue weighted by Crippen LogP contribution is -2.65. The van der Waals surface area contributed by atoms with Gasteiger partial charge in [0.15, 0.2) is 29.8 Å². The molecule has 4 aromatic rings. The molecule has 5 bridgehead atoms. The fourth-order valence-electron chi connectivity index (χ4n) is 8.50. The first-order chi connectivity index (χ1) is 26.5. The molecule has 2 aliphatic heterocycles. The molecular weight excluding hydrogens is 732 g/mol. The minimum Gasteiger partial charge on any atom is -0.488 e. The van der Waals surface area contributed by atoms with Crippen LogP contribution in [-0.4, -0.2) is 54.5 Å². The molecule has 8 rings (SSSR count). The monoisotopic (exact) mass is 770 g/mol. The Balaban J connectivity index is 1.40. The third-order valence-electron chi connectivity index (χ3n) is 10.8. The molecule has 1 fully saturated rings. The Kier molecular flexibility index (Phi) is 9.49. The van der Waals surface area contributed by atoms with E-state index in [9.17, 15) is 19.5 Å². The number of hydrogen-bond donors (Lipinski definition) is 1. The van der Waals surface area contributed by atoms with Crippen molar-refractivity contribution in [3.8, 4) is 17.2 Å². The number of benzene rings is 4. The Bertz CT molecular complexity index is 2160. The van der Waals surface area contributed by atoms with E-state index in [4.69, 9.17) is 49.5 Å². The van der Waals surface area contributed by atoms with Crippen LogP contribution in [0.2, 0.25) is 5.02 Å². The molecule has 0 aromatic heterocycles. The summed E-state index contributed by atoms with van der Waals surface area (Å²) < 4.78 is 51.0. The van der Waals surface area contributed by atoms with Gasteiger partial charge in [0.2, 0.25) is 11.2 Å². The Morgan fingerprint density at radius 3 is 2.25 bits per heavy atom. The maximum absolute atomic E-state index is 13.9. The molecule has 1 saturated carbocycles. The highest BCUT2D eigenvalue weighted by Gasteiger charge is 2.81. The lowest BCUT2D eigenvalue weighted by Gasteiger charge is -2.50. The second-order valence-electron chi connectivity index (χ2n) is 14.1. The zero-order valence-electron chi connectivity index (χ0n) is 30.5. The molecule has 7 atom stereocenters. The van der Waals surface area contributed by atoms with E-state index < -0.39 is 66.2 Å². The first kappa shape index (κ1) is 36.8.